The van der Waals surface area contributed by atoms with Crippen LogP contribution in [0.1, 0.15) is 12.8 Å². The van der Waals surface area contributed by atoms with Crippen molar-refractivity contribution in [2.75, 3.05) is 74.3 Å². The topological polar surface area (TPSA) is 105 Å². The summed E-state index contributed by atoms with van der Waals surface area (Å²) in [6.45, 7) is 5.76. The van der Waals surface area contributed by atoms with E-state index in [1.54, 1.807) is 30.9 Å². The van der Waals surface area contributed by atoms with Gasteiger partial charge in [0.25, 0.3) is 0 Å². The van der Waals surface area contributed by atoms with Crippen LogP contribution >= 0.6 is 0 Å². The summed E-state index contributed by atoms with van der Waals surface area (Å²) in [6, 6.07) is 18.1. The zero-order valence-corrected chi connectivity index (χ0v) is 25.0. The van der Waals surface area contributed by atoms with Gasteiger partial charge in [-0.05, 0) is 49.2 Å². The zero-order valence-electron chi connectivity index (χ0n) is 24.2. The Labute approximate surface area is 246 Å². The summed E-state index contributed by atoms with van der Waals surface area (Å²) < 4.78 is 38.5. The molecule has 0 saturated carbocycles. The molecule has 1 N–H and O–H groups in total. The summed E-state index contributed by atoms with van der Waals surface area (Å²) in [5.74, 6) is 1.14. The van der Waals surface area contributed by atoms with Gasteiger partial charge in [-0.3, -0.25) is 9.21 Å². The highest BCUT2D eigenvalue weighted by Crippen LogP contribution is 2.33. The highest BCUT2D eigenvalue weighted by Gasteiger charge is 2.26. The fourth-order valence-electron chi connectivity index (χ4n) is 5.76. The van der Waals surface area contributed by atoms with Crippen LogP contribution in [0, 0.1) is 0 Å². The Morgan fingerprint density at radius 1 is 1.02 bits per heavy atom. The van der Waals surface area contributed by atoms with E-state index in [0.717, 1.165) is 86.1 Å². The summed E-state index contributed by atoms with van der Waals surface area (Å²) in [6.07, 6.45) is 5.23. The standard InChI is InChI=1S/C30H37N7O4S/c1-34(42(3,38)39)24-6-4-5-22(19-24)28-10-8-26-21-31-30(33-37(26)28)32-27-9-7-25(20-29(27)40-2)35-13-11-23(12-14-35)36-15-17-41-18-16-36/h4-10,19-21,23H,11-18H2,1-3H3,(H,32,33). The molecule has 42 heavy (non-hydrogen) atoms. The molecule has 0 aliphatic carbocycles. The molecule has 0 radical (unpaired) electrons. The van der Waals surface area contributed by atoms with Gasteiger partial charge in [-0.15, -0.1) is 5.10 Å². The Morgan fingerprint density at radius 2 is 1.81 bits per heavy atom. The van der Waals surface area contributed by atoms with Gasteiger partial charge in [0, 0.05) is 56.6 Å². The minimum atomic E-state index is -3.38. The molecule has 12 heteroatoms. The fraction of sp³-hybridized carbons (Fsp3) is 0.400. The number of methoxy groups -OCH3 is 1. The number of anilines is 4. The van der Waals surface area contributed by atoms with Gasteiger partial charge in [0.1, 0.15) is 5.75 Å². The van der Waals surface area contributed by atoms with Crippen molar-refractivity contribution < 1.29 is 17.9 Å². The number of aromatic nitrogens is 3. The zero-order chi connectivity index (χ0) is 29.3. The SMILES string of the molecule is COc1cc(N2CCC(N3CCOCC3)CC2)ccc1Nc1ncc2ccc(-c3cccc(N(C)S(C)(=O)=O)c3)n2n1. The summed E-state index contributed by atoms with van der Waals surface area (Å²) in [7, 11) is -0.167. The van der Waals surface area contributed by atoms with Crippen LogP contribution < -0.4 is 19.3 Å². The Balaban J connectivity index is 1.20. The minimum absolute atomic E-state index is 0.418. The molecule has 0 spiro atoms. The largest absolute Gasteiger partial charge is 0.494 e. The molecule has 6 rings (SSSR count). The van der Waals surface area contributed by atoms with Crippen LogP contribution in [0.3, 0.4) is 0 Å². The Morgan fingerprint density at radius 3 is 2.55 bits per heavy atom. The van der Waals surface area contributed by atoms with E-state index >= 15 is 0 Å². The minimum Gasteiger partial charge on any atom is -0.494 e. The lowest BCUT2D eigenvalue weighted by atomic mass is 10.0. The number of hydrogen-bond donors (Lipinski definition) is 1. The second-order valence-corrected chi connectivity index (χ2v) is 12.8. The number of fused-ring (bicyclic) bond motifs is 1. The number of rotatable bonds is 8. The number of benzene rings is 2. The van der Waals surface area contributed by atoms with Crippen LogP contribution in [-0.2, 0) is 14.8 Å². The third-order valence-electron chi connectivity index (χ3n) is 8.22. The predicted octanol–water partition coefficient (Wildman–Crippen LogP) is 3.85. The van der Waals surface area contributed by atoms with Crippen molar-refractivity contribution in [1.82, 2.24) is 19.5 Å². The normalized spacial score (nSPS) is 17.0. The molecular weight excluding hydrogens is 554 g/mol. The molecule has 0 unspecified atom stereocenters. The van der Waals surface area contributed by atoms with E-state index in [9.17, 15) is 8.42 Å². The second kappa shape index (κ2) is 11.8. The third-order valence-corrected chi connectivity index (χ3v) is 9.43. The average Bonchev–Trinajstić information content (AvgIpc) is 3.44. The second-order valence-electron chi connectivity index (χ2n) is 10.8. The summed E-state index contributed by atoms with van der Waals surface area (Å²) >= 11 is 0. The van der Waals surface area contributed by atoms with Crippen LogP contribution in [0.15, 0.2) is 60.8 Å². The first-order valence-electron chi connectivity index (χ1n) is 14.2. The maximum absolute atomic E-state index is 12.1. The molecule has 0 bridgehead atoms. The monoisotopic (exact) mass is 591 g/mol. The van der Waals surface area contributed by atoms with Gasteiger partial charge in [0.15, 0.2) is 0 Å². The molecule has 2 aliphatic rings. The quantitative estimate of drug-likeness (QED) is 0.327. The van der Waals surface area contributed by atoms with Crippen molar-refractivity contribution in [3.8, 4) is 17.0 Å². The molecule has 11 nitrogen and oxygen atoms in total. The fourth-order valence-corrected chi connectivity index (χ4v) is 6.26. The summed E-state index contributed by atoms with van der Waals surface area (Å²) in [5, 5.41) is 8.07. The number of nitrogens with one attached hydrogen (secondary N) is 1. The van der Waals surface area contributed by atoms with E-state index in [-0.39, 0.29) is 0 Å². The molecular formula is C30H37N7O4S. The van der Waals surface area contributed by atoms with Crippen molar-refractivity contribution >= 4 is 38.6 Å². The number of sulfonamides is 1. The third kappa shape index (κ3) is 5.87. The molecule has 2 saturated heterocycles. The first-order chi connectivity index (χ1) is 20.3. The maximum Gasteiger partial charge on any atom is 0.245 e. The number of piperidine rings is 1. The van der Waals surface area contributed by atoms with Gasteiger partial charge in [0.05, 0.1) is 55.4 Å². The van der Waals surface area contributed by atoms with Gasteiger partial charge >= 0.3 is 0 Å². The summed E-state index contributed by atoms with van der Waals surface area (Å²) in [4.78, 5) is 9.52. The lowest BCUT2D eigenvalue weighted by molar-refractivity contribution is 0.0115. The Hall–Kier alpha value is -3.87. The smallest absolute Gasteiger partial charge is 0.245 e. The van der Waals surface area contributed by atoms with Gasteiger partial charge < -0.3 is 19.7 Å². The van der Waals surface area contributed by atoms with Crippen molar-refractivity contribution in [2.24, 2.45) is 0 Å². The first kappa shape index (κ1) is 28.3. The van der Waals surface area contributed by atoms with Gasteiger partial charge in [0.2, 0.25) is 16.0 Å². The van der Waals surface area contributed by atoms with Crippen LogP contribution in [0.5, 0.6) is 5.75 Å². The average molecular weight is 592 g/mol. The molecule has 2 aromatic heterocycles. The number of nitrogens with zero attached hydrogens (tertiary/aromatic N) is 6. The Kier molecular flexibility index (Phi) is 7.93. The van der Waals surface area contributed by atoms with E-state index in [4.69, 9.17) is 14.6 Å². The maximum atomic E-state index is 12.1. The molecule has 2 aliphatic heterocycles. The van der Waals surface area contributed by atoms with Gasteiger partial charge in [-0.2, -0.15) is 0 Å². The molecule has 222 valence electrons. The van der Waals surface area contributed by atoms with Crippen molar-refractivity contribution in [1.29, 1.82) is 0 Å². The molecule has 2 fully saturated rings. The van der Waals surface area contributed by atoms with E-state index in [0.29, 0.717) is 17.7 Å². The molecule has 4 aromatic rings. The predicted molar refractivity (Wildman–Crippen MR) is 166 cm³/mol. The molecule has 4 heterocycles. The van der Waals surface area contributed by atoms with E-state index in [1.165, 1.54) is 10.6 Å². The number of hydrogen-bond acceptors (Lipinski definition) is 9. The van der Waals surface area contributed by atoms with Crippen molar-refractivity contribution in [3.63, 3.8) is 0 Å². The van der Waals surface area contributed by atoms with Crippen LogP contribution in [0.25, 0.3) is 16.8 Å². The molecule has 2 aromatic carbocycles. The van der Waals surface area contributed by atoms with Gasteiger partial charge in [-0.25, -0.2) is 17.9 Å². The van der Waals surface area contributed by atoms with Crippen LogP contribution in [0.4, 0.5) is 23.0 Å². The highest BCUT2D eigenvalue weighted by molar-refractivity contribution is 7.92. The first-order valence-corrected chi connectivity index (χ1v) is 16.1. The highest BCUT2D eigenvalue weighted by atomic mass is 32.2. The lowest BCUT2D eigenvalue weighted by Crippen LogP contribution is -2.49. The lowest BCUT2D eigenvalue weighted by Gasteiger charge is -2.40. The van der Waals surface area contributed by atoms with E-state index < -0.39 is 10.0 Å². The van der Waals surface area contributed by atoms with Crippen LogP contribution in [-0.4, -0.2) is 93.8 Å². The van der Waals surface area contributed by atoms with Gasteiger partial charge in [-0.1, -0.05) is 12.1 Å². The number of morpholine rings is 1. The van der Waals surface area contributed by atoms with Crippen LogP contribution in [0.2, 0.25) is 0 Å². The molecule has 0 amide bonds. The van der Waals surface area contributed by atoms with E-state index in [1.807, 2.05) is 36.4 Å². The van der Waals surface area contributed by atoms with E-state index in [2.05, 4.69) is 32.2 Å². The summed E-state index contributed by atoms with van der Waals surface area (Å²) in [5.41, 5.74) is 4.97. The number of ether oxygens (including phenoxy) is 2. The van der Waals surface area contributed by atoms with Crippen molar-refractivity contribution in [3.05, 3.63) is 60.8 Å². The molecule has 0 atom stereocenters. The van der Waals surface area contributed by atoms with Crippen molar-refractivity contribution in [2.45, 2.75) is 18.9 Å². The Bertz CT molecular complexity index is 1660.